The number of carbonyl (C=O) groups excluding carboxylic acids is 3. The summed E-state index contributed by atoms with van der Waals surface area (Å²) in [6.07, 6.45) is 3.00. The first-order chi connectivity index (χ1) is 13.0. The molecule has 8 heteroatoms. The van der Waals surface area contributed by atoms with Crippen molar-refractivity contribution in [3.05, 3.63) is 66.0 Å². The van der Waals surface area contributed by atoms with Gasteiger partial charge in [0.2, 0.25) is 0 Å². The van der Waals surface area contributed by atoms with Crippen LogP contribution in [0.4, 0.5) is 0 Å². The maximum atomic E-state index is 13.3. The molecule has 1 aliphatic heterocycles. The van der Waals surface area contributed by atoms with Crippen LogP contribution in [0.5, 0.6) is 0 Å². The van der Waals surface area contributed by atoms with Crippen molar-refractivity contribution in [2.24, 2.45) is 0 Å². The van der Waals surface area contributed by atoms with Gasteiger partial charge in [-0.15, -0.1) is 0 Å². The molecule has 2 aromatic heterocycles. The highest BCUT2D eigenvalue weighted by Gasteiger charge is 2.50. The first kappa shape index (κ1) is 16.8. The monoisotopic (exact) mass is 366 g/mol. The van der Waals surface area contributed by atoms with Crippen LogP contribution in [-0.2, 0) is 25.5 Å². The van der Waals surface area contributed by atoms with Gasteiger partial charge in [0.05, 0.1) is 18.4 Å². The smallest absolute Gasteiger partial charge is 0.334 e. The maximum Gasteiger partial charge on any atom is 0.334 e. The van der Waals surface area contributed by atoms with Crippen LogP contribution >= 0.6 is 0 Å². The van der Waals surface area contributed by atoms with Crippen LogP contribution < -0.4 is 0 Å². The quantitative estimate of drug-likeness (QED) is 0.557. The van der Waals surface area contributed by atoms with Crippen molar-refractivity contribution < 1.29 is 28.3 Å². The van der Waals surface area contributed by atoms with Gasteiger partial charge in [-0.05, 0) is 19.1 Å². The number of para-hydroxylation sites is 1. The van der Waals surface area contributed by atoms with Crippen molar-refractivity contribution in [3.63, 3.8) is 0 Å². The number of fused-ring (bicyclic) bond motifs is 1. The van der Waals surface area contributed by atoms with Crippen LogP contribution in [0, 0.1) is 6.92 Å². The number of benzene rings is 1. The number of aryl methyl sites for hydroxylation is 1. The van der Waals surface area contributed by atoms with Gasteiger partial charge in [0.15, 0.2) is 5.76 Å². The molecule has 4 rings (SSSR count). The van der Waals surface area contributed by atoms with Crippen LogP contribution in [-0.4, -0.2) is 33.5 Å². The number of ether oxygens (including phenoxy) is 2. The zero-order valence-electron chi connectivity index (χ0n) is 14.2. The Morgan fingerprint density at radius 2 is 1.85 bits per heavy atom. The minimum Gasteiger partial charge on any atom is -0.453 e. The van der Waals surface area contributed by atoms with Gasteiger partial charge in [-0.25, -0.2) is 14.6 Å². The third-order valence-electron chi connectivity index (χ3n) is 4.22. The van der Waals surface area contributed by atoms with E-state index >= 15 is 0 Å². The highest BCUT2D eigenvalue weighted by atomic mass is 16.7. The Morgan fingerprint density at radius 1 is 1.15 bits per heavy atom. The van der Waals surface area contributed by atoms with Gasteiger partial charge < -0.3 is 18.9 Å². The minimum absolute atomic E-state index is 0.0908. The SMILES string of the molecule is Cc1[nH]cnc1CC1(C(=O)c2cc3ccccc3o2)OC(=O)C=CC(=O)O1. The average molecular weight is 366 g/mol. The second-order valence-corrected chi connectivity index (χ2v) is 6.06. The third-order valence-corrected chi connectivity index (χ3v) is 4.22. The summed E-state index contributed by atoms with van der Waals surface area (Å²) in [6.45, 7) is 1.74. The molecule has 0 saturated heterocycles. The summed E-state index contributed by atoms with van der Waals surface area (Å²) in [5.41, 5.74) is 1.55. The number of hydrogen-bond acceptors (Lipinski definition) is 7. The number of cyclic esters (lactones) is 2. The van der Waals surface area contributed by atoms with E-state index in [0.29, 0.717) is 22.4 Å². The van der Waals surface area contributed by atoms with Crippen molar-refractivity contribution in [1.29, 1.82) is 0 Å². The topological polar surface area (TPSA) is 111 Å². The fraction of sp³-hybridized carbons (Fsp3) is 0.158. The zero-order valence-corrected chi connectivity index (χ0v) is 14.2. The van der Waals surface area contributed by atoms with Crippen LogP contribution in [0.3, 0.4) is 0 Å². The van der Waals surface area contributed by atoms with E-state index in [1.807, 2.05) is 0 Å². The fourth-order valence-electron chi connectivity index (χ4n) is 2.86. The van der Waals surface area contributed by atoms with E-state index in [1.165, 1.54) is 12.4 Å². The highest BCUT2D eigenvalue weighted by molar-refractivity contribution is 6.06. The molecule has 8 nitrogen and oxygen atoms in total. The number of H-pyrrole nitrogens is 1. The molecule has 0 amide bonds. The van der Waals surface area contributed by atoms with Crippen molar-refractivity contribution >= 4 is 28.7 Å². The van der Waals surface area contributed by atoms with E-state index in [2.05, 4.69) is 9.97 Å². The highest BCUT2D eigenvalue weighted by Crippen LogP contribution is 2.30. The summed E-state index contributed by atoms with van der Waals surface area (Å²) < 4.78 is 16.1. The number of esters is 2. The number of carbonyl (C=O) groups is 3. The van der Waals surface area contributed by atoms with Gasteiger partial charge >= 0.3 is 17.7 Å². The van der Waals surface area contributed by atoms with Crippen LogP contribution in [0.25, 0.3) is 11.0 Å². The fourth-order valence-corrected chi connectivity index (χ4v) is 2.86. The minimum atomic E-state index is -2.22. The average Bonchev–Trinajstić information content (AvgIpc) is 3.21. The number of ketones is 1. The Morgan fingerprint density at radius 3 is 2.48 bits per heavy atom. The molecule has 1 aromatic carbocycles. The number of hydrogen-bond donors (Lipinski definition) is 1. The largest absolute Gasteiger partial charge is 0.453 e. The van der Waals surface area contributed by atoms with Crippen LogP contribution in [0.1, 0.15) is 21.9 Å². The molecule has 1 aliphatic rings. The van der Waals surface area contributed by atoms with E-state index in [9.17, 15) is 14.4 Å². The Bertz CT molecular complexity index is 1040. The van der Waals surface area contributed by atoms with Crippen molar-refractivity contribution in [2.45, 2.75) is 19.1 Å². The summed E-state index contributed by atoms with van der Waals surface area (Å²) in [7, 11) is 0. The van der Waals surface area contributed by atoms with Crippen molar-refractivity contribution in [2.75, 3.05) is 0 Å². The summed E-state index contributed by atoms with van der Waals surface area (Å²) in [4.78, 5) is 44.3. The lowest BCUT2D eigenvalue weighted by atomic mass is 10.0. The second-order valence-electron chi connectivity index (χ2n) is 6.06. The van der Waals surface area contributed by atoms with E-state index in [0.717, 1.165) is 12.2 Å². The standard InChI is InChI=1S/C19H14N2O6/c1-11-13(21-10-20-11)9-19(26-16(22)6-7-17(23)27-19)18(24)15-8-12-4-2-3-5-14(12)25-15/h2-8,10H,9H2,1H3,(H,20,21). The molecule has 136 valence electrons. The number of nitrogens with one attached hydrogen (secondary N) is 1. The third kappa shape index (κ3) is 3.01. The molecule has 0 radical (unpaired) electrons. The molecule has 0 saturated carbocycles. The number of Topliss-reactive ketones (excluding diaryl/α,β-unsaturated/α-hetero) is 1. The number of aromatic amines is 1. The van der Waals surface area contributed by atoms with Gasteiger partial charge in [-0.2, -0.15) is 0 Å². The summed E-state index contributed by atoms with van der Waals surface area (Å²) in [6, 6.07) is 8.54. The van der Waals surface area contributed by atoms with Gasteiger partial charge in [0, 0.05) is 23.2 Å². The van der Waals surface area contributed by atoms with Gasteiger partial charge in [-0.3, -0.25) is 4.79 Å². The summed E-state index contributed by atoms with van der Waals surface area (Å²) >= 11 is 0. The Balaban J connectivity index is 1.81. The summed E-state index contributed by atoms with van der Waals surface area (Å²) in [5.74, 6) is -4.85. The number of imidazole rings is 1. The Kier molecular flexibility index (Phi) is 3.88. The van der Waals surface area contributed by atoms with Gasteiger partial charge in [0.25, 0.3) is 5.78 Å². The van der Waals surface area contributed by atoms with Gasteiger partial charge in [0.1, 0.15) is 5.58 Å². The molecule has 3 aromatic rings. The van der Waals surface area contributed by atoms with Crippen molar-refractivity contribution in [1.82, 2.24) is 9.97 Å². The molecular weight excluding hydrogens is 352 g/mol. The predicted molar refractivity (Wildman–Crippen MR) is 91.6 cm³/mol. The Hall–Kier alpha value is -3.68. The number of nitrogens with zero attached hydrogens (tertiary/aromatic N) is 1. The van der Waals surface area contributed by atoms with Crippen molar-refractivity contribution in [3.8, 4) is 0 Å². The Labute approximate surface area is 152 Å². The first-order valence-corrected chi connectivity index (χ1v) is 8.13. The van der Waals surface area contributed by atoms with E-state index < -0.39 is 23.5 Å². The number of aromatic nitrogens is 2. The van der Waals surface area contributed by atoms with E-state index in [1.54, 1.807) is 31.2 Å². The molecule has 27 heavy (non-hydrogen) atoms. The van der Waals surface area contributed by atoms with Crippen LogP contribution in [0.15, 0.2) is 53.2 Å². The van der Waals surface area contributed by atoms with E-state index in [-0.39, 0.29) is 12.2 Å². The normalized spacial score (nSPS) is 16.0. The van der Waals surface area contributed by atoms with Gasteiger partial charge in [-0.1, -0.05) is 18.2 Å². The molecule has 0 aliphatic carbocycles. The maximum absolute atomic E-state index is 13.3. The molecule has 1 N–H and O–H groups in total. The molecule has 0 spiro atoms. The molecule has 0 atom stereocenters. The molecular formula is C19H14N2O6. The molecule has 3 heterocycles. The zero-order chi connectivity index (χ0) is 19.0. The lowest BCUT2D eigenvalue weighted by Gasteiger charge is -2.28. The molecule has 0 fully saturated rings. The number of furan rings is 1. The van der Waals surface area contributed by atoms with Crippen LogP contribution in [0.2, 0.25) is 0 Å². The first-order valence-electron chi connectivity index (χ1n) is 8.13. The lowest BCUT2D eigenvalue weighted by Crippen LogP contribution is -2.48. The second kappa shape index (κ2) is 6.24. The summed E-state index contributed by atoms with van der Waals surface area (Å²) in [5, 5.41) is 0.691. The predicted octanol–water partition coefficient (Wildman–Crippen LogP) is 2.24. The number of rotatable bonds is 4. The lowest BCUT2D eigenvalue weighted by molar-refractivity contribution is -0.201. The molecule has 0 bridgehead atoms. The van der Waals surface area contributed by atoms with E-state index in [4.69, 9.17) is 13.9 Å². The molecule has 0 unspecified atom stereocenters.